The lowest BCUT2D eigenvalue weighted by molar-refractivity contribution is -0.178. The predicted octanol–water partition coefficient (Wildman–Crippen LogP) is 8.07. The molecule has 2 aromatic rings. The van der Waals surface area contributed by atoms with E-state index in [0.29, 0.717) is 5.02 Å². The summed E-state index contributed by atoms with van der Waals surface area (Å²) in [6, 6.07) is 10.8. The average Bonchev–Trinajstić information content (AvgIpc) is 2.72. The topological polar surface area (TPSA) is 55.4 Å². The molecular formula is C27H30Cl2F3NO3. The molecule has 1 N–H and O–H groups in total. The van der Waals surface area contributed by atoms with Crippen LogP contribution in [0.1, 0.15) is 70.4 Å². The highest BCUT2D eigenvalue weighted by Gasteiger charge is 2.45. The number of carbonyl (C=O) groups is 2. The molecule has 9 heteroatoms. The van der Waals surface area contributed by atoms with Crippen LogP contribution in [0.15, 0.2) is 42.5 Å². The Kier molecular flexibility index (Phi) is 8.36. The van der Waals surface area contributed by atoms with Gasteiger partial charge in [0.15, 0.2) is 0 Å². The average molecular weight is 544 g/mol. The zero-order valence-electron chi connectivity index (χ0n) is 20.6. The van der Waals surface area contributed by atoms with Crippen LogP contribution in [0.25, 0.3) is 0 Å². The molecule has 4 nitrogen and oxygen atoms in total. The summed E-state index contributed by atoms with van der Waals surface area (Å²) in [7, 11) is 0. The summed E-state index contributed by atoms with van der Waals surface area (Å²) >= 11 is 12.2. The molecule has 1 aliphatic carbocycles. The highest BCUT2D eigenvalue weighted by Crippen LogP contribution is 2.48. The second-order valence-electron chi connectivity index (χ2n) is 10.4. The van der Waals surface area contributed by atoms with Crippen molar-refractivity contribution in [2.45, 2.75) is 76.5 Å². The molecule has 1 fully saturated rings. The van der Waals surface area contributed by atoms with Gasteiger partial charge in [-0.05, 0) is 69.0 Å². The van der Waals surface area contributed by atoms with Crippen molar-refractivity contribution in [3.8, 4) is 0 Å². The number of anilines is 1. The molecule has 3 rings (SSSR count). The van der Waals surface area contributed by atoms with Gasteiger partial charge in [0.25, 0.3) is 0 Å². The van der Waals surface area contributed by atoms with Gasteiger partial charge < -0.3 is 10.1 Å². The highest BCUT2D eigenvalue weighted by atomic mass is 35.5. The van der Waals surface area contributed by atoms with E-state index in [0.717, 1.165) is 31.7 Å². The number of hydrogen-bond donors (Lipinski definition) is 1. The fraction of sp³-hybridized carbons (Fsp3) is 0.481. The van der Waals surface area contributed by atoms with Crippen molar-refractivity contribution >= 4 is 40.8 Å². The molecular weight excluding hydrogens is 514 g/mol. The van der Waals surface area contributed by atoms with Gasteiger partial charge in [-0.25, -0.2) is 0 Å². The number of alkyl halides is 3. The molecule has 0 radical (unpaired) electrons. The van der Waals surface area contributed by atoms with Gasteiger partial charge in [0, 0.05) is 10.4 Å². The Balaban J connectivity index is 1.90. The number of hydrogen-bond acceptors (Lipinski definition) is 3. The summed E-state index contributed by atoms with van der Waals surface area (Å²) in [5, 5.41) is 3.15. The zero-order chi connectivity index (χ0) is 26.9. The predicted molar refractivity (Wildman–Crippen MR) is 135 cm³/mol. The summed E-state index contributed by atoms with van der Waals surface area (Å²) < 4.78 is 46.5. The van der Waals surface area contributed by atoms with Crippen molar-refractivity contribution in [2.24, 2.45) is 5.92 Å². The van der Waals surface area contributed by atoms with Crippen molar-refractivity contribution in [1.82, 2.24) is 0 Å². The number of nitrogens with one attached hydrogen (secondary N) is 1. The minimum atomic E-state index is -4.60. The maximum atomic E-state index is 13.7. The minimum absolute atomic E-state index is 0.164. The molecule has 0 heterocycles. The first-order valence-electron chi connectivity index (χ1n) is 11.8. The second-order valence-corrected chi connectivity index (χ2v) is 11.3. The van der Waals surface area contributed by atoms with Crippen LogP contribution in [0, 0.1) is 5.92 Å². The van der Waals surface area contributed by atoms with Crippen molar-refractivity contribution in [3.05, 3.63) is 63.6 Å². The second kappa shape index (κ2) is 10.6. The van der Waals surface area contributed by atoms with Crippen molar-refractivity contribution in [2.75, 3.05) is 5.32 Å². The van der Waals surface area contributed by atoms with Crippen molar-refractivity contribution < 1.29 is 27.5 Å². The molecule has 2 atom stereocenters. The van der Waals surface area contributed by atoms with E-state index >= 15 is 0 Å². The van der Waals surface area contributed by atoms with Gasteiger partial charge in [0.1, 0.15) is 5.60 Å². The summed E-state index contributed by atoms with van der Waals surface area (Å²) in [4.78, 5) is 25.8. The van der Waals surface area contributed by atoms with Crippen LogP contribution in [-0.4, -0.2) is 23.7 Å². The van der Waals surface area contributed by atoms with E-state index < -0.39 is 34.9 Å². The van der Waals surface area contributed by atoms with Gasteiger partial charge in [0.2, 0.25) is 5.91 Å². The van der Waals surface area contributed by atoms with Crippen LogP contribution < -0.4 is 5.32 Å². The van der Waals surface area contributed by atoms with E-state index in [9.17, 15) is 22.8 Å². The summed E-state index contributed by atoms with van der Waals surface area (Å²) in [5.74, 6) is -4.63. The van der Waals surface area contributed by atoms with Crippen LogP contribution >= 0.6 is 23.2 Å². The summed E-state index contributed by atoms with van der Waals surface area (Å²) in [6.07, 6.45) is -2.01. The van der Waals surface area contributed by atoms with Gasteiger partial charge in [-0.3, -0.25) is 9.59 Å². The van der Waals surface area contributed by atoms with E-state index in [1.807, 2.05) is 0 Å². The molecule has 1 amide bonds. The standard InChI is InChI=1S/C27H30Cl2F3NO3/c1-16(27(30,31)32)23(17-6-9-19(28)10-7-17)24(35)33-21-14-18(8-11-20(21)29)26(12-5-13-26)15-22(34)36-25(2,3)4/h6-11,14,16,23H,5,12-13,15H2,1-4H3,(H,33,35). The van der Waals surface area contributed by atoms with Gasteiger partial charge in [-0.15, -0.1) is 0 Å². The Labute approximate surface area is 219 Å². The molecule has 0 bridgehead atoms. The van der Waals surface area contributed by atoms with E-state index in [4.69, 9.17) is 27.9 Å². The first-order valence-corrected chi connectivity index (χ1v) is 12.5. The monoisotopic (exact) mass is 543 g/mol. The Morgan fingerprint density at radius 1 is 1.06 bits per heavy atom. The summed E-state index contributed by atoms with van der Waals surface area (Å²) in [6.45, 7) is 6.37. The fourth-order valence-corrected chi connectivity index (χ4v) is 4.80. The zero-order valence-corrected chi connectivity index (χ0v) is 22.2. The number of rotatable bonds is 7. The number of benzene rings is 2. The van der Waals surface area contributed by atoms with Crippen LogP contribution in [0.2, 0.25) is 10.0 Å². The normalized spacial score (nSPS) is 17.0. The number of amides is 1. The third kappa shape index (κ3) is 6.74. The first kappa shape index (κ1) is 28.3. The Morgan fingerprint density at radius 2 is 1.67 bits per heavy atom. The van der Waals surface area contributed by atoms with E-state index in [1.165, 1.54) is 24.3 Å². The number of halogens is 5. The molecule has 1 aliphatic rings. The quantitative estimate of drug-likeness (QED) is 0.359. The molecule has 1 saturated carbocycles. The third-order valence-electron chi connectivity index (χ3n) is 6.58. The largest absolute Gasteiger partial charge is 0.460 e. The van der Waals surface area contributed by atoms with Crippen molar-refractivity contribution in [3.63, 3.8) is 0 Å². The van der Waals surface area contributed by atoms with Crippen LogP contribution in [0.5, 0.6) is 0 Å². The Morgan fingerprint density at radius 3 is 2.17 bits per heavy atom. The molecule has 2 aromatic carbocycles. The molecule has 0 aromatic heterocycles. The smallest absolute Gasteiger partial charge is 0.392 e. The Hall–Kier alpha value is -2.25. The molecule has 0 saturated heterocycles. The van der Waals surface area contributed by atoms with Gasteiger partial charge in [-0.2, -0.15) is 13.2 Å². The van der Waals surface area contributed by atoms with Gasteiger partial charge in [0.05, 0.1) is 29.0 Å². The van der Waals surface area contributed by atoms with Crippen LogP contribution in [-0.2, 0) is 19.7 Å². The van der Waals surface area contributed by atoms with E-state index in [-0.39, 0.29) is 28.7 Å². The van der Waals surface area contributed by atoms with E-state index in [2.05, 4.69) is 5.32 Å². The number of ether oxygens (including phenoxy) is 1. The minimum Gasteiger partial charge on any atom is -0.460 e. The number of carbonyl (C=O) groups excluding carboxylic acids is 2. The molecule has 36 heavy (non-hydrogen) atoms. The SMILES string of the molecule is CC(C(C(=O)Nc1cc(C2(CC(=O)OC(C)(C)C)CCC2)ccc1Cl)c1ccc(Cl)cc1)C(F)(F)F. The molecule has 0 aliphatic heterocycles. The van der Waals surface area contributed by atoms with Crippen LogP contribution in [0.4, 0.5) is 18.9 Å². The maximum absolute atomic E-state index is 13.7. The van der Waals surface area contributed by atoms with Crippen molar-refractivity contribution in [1.29, 1.82) is 0 Å². The highest BCUT2D eigenvalue weighted by molar-refractivity contribution is 6.33. The van der Waals surface area contributed by atoms with E-state index in [1.54, 1.807) is 39.0 Å². The third-order valence-corrected chi connectivity index (χ3v) is 7.16. The lowest BCUT2D eigenvalue weighted by atomic mass is 9.62. The lowest BCUT2D eigenvalue weighted by Gasteiger charge is -2.42. The maximum Gasteiger partial charge on any atom is 0.392 e. The molecule has 0 spiro atoms. The summed E-state index contributed by atoms with van der Waals surface area (Å²) in [5.41, 5.74) is 0.0809. The Bertz CT molecular complexity index is 1110. The molecule has 2 unspecified atom stereocenters. The first-order chi connectivity index (χ1) is 16.6. The lowest BCUT2D eigenvalue weighted by Crippen LogP contribution is -2.39. The van der Waals surface area contributed by atoms with Crippen LogP contribution in [0.3, 0.4) is 0 Å². The van der Waals surface area contributed by atoms with Gasteiger partial charge in [-0.1, -0.05) is 54.7 Å². The molecule has 196 valence electrons. The number of esters is 1. The fourth-order valence-electron chi connectivity index (χ4n) is 4.51. The van der Waals surface area contributed by atoms with Gasteiger partial charge >= 0.3 is 12.1 Å².